The Morgan fingerprint density at radius 3 is 2.22 bits per heavy atom. The van der Waals surface area contributed by atoms with E-state index in [0.717, 1.165) is 5.56 Å². The van der Waals surface area contributed by atoms with Crippen molar-refractivity contribution in [2.45, 2.75) is 11.3 Å². The van der Waals surface area contributed by atoms with Crippen LogP contribution in [0.5, 0.6) is 11.5 Å². The predicted molar refractivity (Wildman–Crippen MR) is 125 cm³/mol. The molecule has 0 aliphatic heterocycles. The second-order valence-corrected chi connectivity index (χ2v) is 9.29. The molecule has 0 unspecified atom stereocenters. The molecule has 0 saturated heterocycles. The van der Waals surface area contributed by atoms with E-state index < -0.39 is 10.0 Å². The standard InChI is InChI=1S/C23H23ClN2O5S/c1-26(32(28,29)20-11-6-17(24)7-12-20)18-8-4-16(5-9-18)14-23(27)25-21-15-19(30-2)10-13-22(21)31-3/h4-13,15H,14H2,1-3H3,(H,25,27). The maximum absolute atomic E-state index is 12.8. The van der Waals surface area contributed by atoms with Gasteiger partial charge in [-0.15, -0.1) is 0 Å². The number of anilines is 2. The molecule has 0 aliphatic rings. The molecule has 0 spiro atoms. The van der Waals surface area contributed by atoms with Crippen molar-refractivity contribution in [1.29, 1.82) is 0 Å². The van der Waals surface area contributed by atoms with Gasteiger partial charge in [0.2, 0.25) is 5.91 Å². The van der Waals surface area contributed by atoms with E-state index in [1.807, 2.05) is 0 Å². The summed E-state index contributed by atoms with van der Waals surface area (Å²) in [6, 6.07) is 17.8. The fourth-order valence-corrected chi connectivity index (χ4v) is 4.34. The average Bonchev–Trinajstić information content (AvgIpc) is 2.79. The normalized spacial score (nSPS) is 11.0. The summed E-state index contributed by atoms with van der Waals surface area (Å²) < 4.78 is 37.3. The molecular formula is C23H23ClN2O5S. The number of halogens is 1. The number of benzene rings is 3. The van der Waals surface area contributed by atoms with Crippen LogP contribution in [0.15, 0.2) is 71.6 Å². The largest absolute Gasteiger partial charge is 0.497 e. The highest BCUT2D eigenvalue weighted by Gasteiger charge is 2.21. The molecule has 3 aromatic rings. The molecule has 1 amide bonds. The zero-order chi connectivity index (χ0) is 23.3. The van der Waals surface area contributed by atoms with Crippen molar-refractivity contribution in [2.75, 3.05) is 30.9 Å². The maximum atomic E-state index is 12.8. The van der Waals surface area contributed by atoms with E-state index in [4.69, 9.17) is 21.1 Å². The van der Waals surface area contributed by atoms with Crippen LogP contribution in [0.2, 0.25) is 5.02 Å². The molecule has 0 atom stereocenters. The Morgan fingerprint density at radius 1 is 0.969 bits per heavy atom. The summed E-state index contributed by atoms with van der Waals surface area (Å²) >= 11 is 5.85. The Hall–Kier alpha value is -3.23. The third kappa shape index (κ3) is 5.33. The number of sulfonamides is 1. The Labute approximate surface area is 192 Å². The first kappa shape index (κ1) is 23.4. The van der Waals surface area contributed by atoms with Gasteiger partial charge in [-0.1, -0.05) is 23.7 Å². The molecule has 1 N–H and O–H groups in total. The molecule has 0 aromatic heterocycles. The summed E-state index contributed by atoms with van der Waals surface area (Å²) in [5.41, 5.74) is 1.70. The minimum absolute atomic E-state index is 0.105. The molecule has 9 heteroatoms. The first-order chi connectivity index (χ1) is 15.2. The maximum Gasteiger partial charge on any atom is 0.264 e. The van der Waals surface area contributed by atoms with Crippen molar-refractivity contribution in [3.63, 3.8) is 0 Å². The Bertz CT molecular complexity index is 1200. The van der Waals surface area contributed by atoms with Gasteiger partial charge in [-0.2, -0.15) is 0 Å². The smallest absolute Gasteiger partial charge is 0.264 e. The lowest BCUT2D eigenvalue weighted by atomic mass is 10.1. The third-order valence-corrected chi connectivity index (χ3v) is 6.87. The van der Waals surface area contributed by atoms with Crippen LogP contribution in [-0.2, 0) is 21.2 Å². The van der Waals surface area contributed by atoms with Crippen LogP contribution in [-0.4, -0.2) is 35.6 Å². The van der Waals surface area contributed by atoms with Gasteiger partial charge in [-0.05, 0) is 54.1 Å². The number of hydrogen-bond donors (Lipinski definition) is 1. The molecule has 7 nitrogen and oxygen atoms in total. The monoisotopic (exact) mass is 474 g/mol. The Kier molecular flexibility index (Phi) is 7.27. The minimum Gasteiger partial charge on any atom is -0.497 e. The molecule has 0 aliphatic carbocycles. The first-order valence-corrected chi connectivity index (χ1v) is 11.4. The zero-order valence-corrected chi connectivity index (χ0v) is 19.4. The van der Waals surface area contributed by atoms with Crippen LogP contribution in [0.1, 0.15) is 5.56 Å². The summed E-state index contributed by atoms with van der Waals surface area (Å²) in [7, 11) is 0.802. The summed E-state index contributed by atoms with van der Waals surface area (Å²) in [6.45, 7) is 0. The SMILES string of the molecule is COc1ccc(OC)c(NC(=O)Cc2ccc(N(C)S(=O)(=O)c3ccc(Cl)cc3)cc2)c1. The van der Waals surface area contributed by atoms with Gasteiger partial charge in [0.1, 0.15) is 11.5 Å². The predicted octanol–water partition coefficient (Wildman–Crippen LogP) is 4.36. The number of carbonyl (C=O) groups excluding carboxylic acids is 1. The van der Waals surface area contributed by atoms with Gasteiger partial charge in [0.15, 0.2) is 0 Å². The second-order valence-electron chi connectivity index (χ2n) is 6.88. The van der Waals surface area contributed by atoms with Crippen LogP contribution in [0.4, 0.5) is 11.4 Å². The number of rotatable bonds is 8. The van der Waals surface area contributed by atoms with Crippen molar-refractivity contribution in [3.8, 4) is 11.5 Å². The van der Waals surface area contributed by atoms with Crippen molar-refractivity contribution < 1.29 is 22.7 Å². The second kappa shape index (κ2) is 9.93. The van der Waals surface area contributed by atoms with Crippen LogP contribution in [0.25, 0.3) is 0 Å². The van der Waals surface area contributed by atoms with Gasteiger partial charge in [0.05, 0.1) is 36.9 Å². The van der Waals surface area contributed by atoms with E-state index in [1.165, 1.54) is 42.7 Å². The summed E-state index contributed by atoms with van der Waals surface area (Å²) in [4.78, 5) is 12.7. The summed E-state index contributed by atoms with van der Waals surface area (Å²) in [5.74, 6) is 0.866. The number of ether oxygens (including phenoxy) is 2. The fraction of sp³-hybridized carbons (Fsp3) is 0.174. The van der Waals surface area contributed by atoms with E-state index in [-0.39, 0.29) is 17.2 Å². The van der Waals surface area contributed by atoms with Gasteiger partial charge < -0.3 is 14.8 Å². The highest BCUT2D eigenvalue weighted by atomic mass is 35.5. The van der Waals surface area contributed by atoms with Crippen molar-refractivity contribution in [1.82, 2.24) is 0 Å². The van der Waals surface area contributed by atoms with Crippen molar-refractivity contribution in [3.05, 3.63) is 77.3 Å². The van der Waals surface area contributed by atoms with Crippen LogP contribution in [0.3, 0.4) is 0 Å². The van der Waals surface area contributed by atoms with Gasteiger partial charge in [0.25, 0.3) is 10.0 Å². The number of carbonyl (C=O) groups is 1. The highest BCUT2D eigenvalue weighted by Crippen LogP contribution is 2.29. The van der Waals surface area contributed by atoms with E-state index in [0.29, 0.717) is 27.9 Å². The van der Waals surface area contributed by atoms with Gasteiger partial charge >= 0.3 is 0 Å². The highest BCUT2D eigenvalue weighted by molar-refractivity contribution is 7.92. The molecule has 32 heavy (non-hydrogen) atoms. The molecule has 0 heterocycles. The molecule has 168 valence electrons. The number of hydrogen-bond acceptors (Lipinski definition) is 5. The lowest BCUT2D eigenvalue weighted by Gasteiger charge is -2.20. The van der Waals surface area contributed by atoms with Crippen molar-refractivity contribution >= 4 is 38.9 Å². The number of amides is 1. The fourth-order valence-electron chi connectivity index (χ4n) is 3.02. The van der Waals surface area contributed by atoms with E-state index in [1.54, 1.807) is 49.6 Å². The topological polar surface area (TPSA) is 84.9 Å². The van der Waals surface area contributed by atoms with Crippen LogP contribution >= 0.6 is 11.6 Å². The average molecular weight is 475 g/mol. The molecule has 0 fully saturated rings. The quantitative estimate of drug-likeness (QED) is 0.524. The van der Waals surface area contributed by atoms with Crippen molar-refractivity contribution in [2.24, 2.45) is 0 Å². The molecule has 0 saturated carbocycles. The Morgan fingerprint density at radius 2 is 1.62 bits per heavy atom. The summed E-state index contributed by atoms with van der Waals surface area (Å²) in [6.07, 6.45) is 0.105. The van der Waals surface area contributed by atoms with Gasteiger partial charge in [-0.3, -0.25) is 9.10 Å². The van der Waals surface area contributed by atoms with E-state index in [9.17, 15) is 13.2 Å². The lowest BCUT2D eigenvalue weighted by molar-refractivity contribution is -0.115. The number of nitrogens with zero attached hydrogens (tertiary/aromatic N) is 1. The van der Waals surface area contributed by atoms with E-state index in [2.05, 4.69) is 5.32 Å². The first-order valence-electron chi connectivity index (χ1n) is 9.60. The number of methoxy groups -OCH3 is 2. The van der Waals surface area contributed by atoms with Gasteiger partial charge in [-0.25, -0.2) is 8.42 Å². The zero-order valence-electron chi connectivity index (χ0n) is 17.8. The van der Waals surface area contributed by atoms with Gasteiger partial charge in [0, 0.05) is 18.1 Å². The molecule has 3 aromatic carbocycles. The Balaban J connectivity index is 1.70. The third-order valence-electron chi connectivity index (χ3n) is 4.82. The number of nitrogens with one attached hydrogen (secondary N) is 1. The van der Waals surface area contributed by atoms with E-state index >= 15 is 0 Å². The van der Waals surface area contributed by atoms with Crippen LogP contribution < -0.4 is 19.1 Å². The molecule has 0 radical (unpaired) electrons. The summed E-state index contributed by atoms with van der Waals surface area (Å²) in [5, 5.41) is 3.27. The molecule has 3 rings (SSSR count). The lowest BCUT2D eigenvalue weighted by Crippen LogP contribution is -2.26. The molecule has 0 bridgehead atoms. The molecular weight excluding hydrogens is 452 g/mol. The minimum atomic E-state index is -3.73. The van der Waals surface area contributed by atoms with Crippen LogP contribution in [0, 0.1) is 0 Å².